The molecule has 0 saturated heterocycles. The van der Waals surface area contributed by atoms with Gasteiger partial charge in [-0.05, 0) is 55.7 Å². The highest BCUT2D eigenvalue weighted by molar-refractivity contribution is 5.86. The highest BCUT2D eigenvalue weighted by Crippen LogP contribution is 2.23. The fourth-order valence-electron chi connectivity index (χ4n) is 3.10. The van der Waals surface area contributed by atoms with E-state index >= 15 is 0 Å². The maximum Gasteiger partial charge on any atom is 0.142 e. The molecule has 1 aromatic heterocycles. The smallest absolute Gasteiger partial charge is 0.142 e. The molecule has 3 aromatic rings. The lowest BCUT2D eigenvalue weighted by atomic mass is 10.1. The second-order valence-electron chi connectivity index (χ2n) is 6.44. The number of aryl methyl sites for hydroxylation is 2. The summed E-state index contributed by atoms with van der Waals surface area (Å²) in [4.78, 5) is 16.4. The quantitative estimate of drug-likeness (QED) is 0.500. The minimum atomic E-state index is -1.17. The number of carboxylic acids is 1. The van der Waals surface area contributed by atoms with Gasteiger partial charge in [-0.2, -0.15) is 0 Å². The summed E-state index contributed by atoms with van der Waals surface area (Å²) in [6.45, 7) is 6.30. The van der Waals surface area contributed by atoms with E-state index in [-0.39, 0.29) is 5.56 Å². The van der Waals surface area contributed by atoms with E-state index in [2.05, 4.69) is 9.72 Å². The number of carbonyl (C=O) groups is 1. The first kappa shape index (κ1) is 18.5. The Hall–Kier alpha value is -3.34. The Morgan fingerprint density at radius 3 is 2.52 bits per heavy atom. The molecule has 0 aliphatic rings. The Kier molecular flexibility index (Phi) is 5.41. The van der Waals surface area contributed by atoms with Gasteiger partial charge in [0.05, 0.1) is 12.2 Å². The normalized spacial score (nSPS) is 11.1. The molecule has 0 fully saturated rings. The van der Waals surface area contributed by atoms with Crippen LogP contribution in [0.15, 0.2) is 59.8 Å². The Bertz CT molecular complexity index is 988. The lowest BCUT2D eigenvalue weighted by molar-refractivity contribution is -0.255. The zero-order valence-electron chi connectivity index (χ0n) is 15.6. The number of benzene rings is 2. The van der Waals surface area contributed by atoms with Crippen molar-refractivity contribution in [3.05, 3.63) is 88.2 Å². The van der Waals surface area contributed by atoms with Gasteiger partial charge in [0.25, 0.3) is 0 Å². The zero-order chi connectivity index (χ0) is 19.4. The molecule has 0 amide bonds. The van der Waals surface area contributed by atoms with E-state index in [9.17, 15) is 9.90 Å². The minimum Gasteiger partial charge on any atom is -0.545 e. The molecule has 0 aliphatic heterocycles. The van der Waals surface area contributed by atoms with E-state index in [1.165, 1.54) is 0 Å². The van der Waals surface area contributed by atoms with Crippen molar-refractivity contribution in [2.45, 2.75) is 27.4 Å². The highest BCUT2D eigenvalue weighted by Gasteiger charge is 2.12. The summed E-state index contributed by atoms with van der Waals surface area (Å²) in [5.41, 5.74) is 6.01. The van der Waals surface area contributed by atoms with Crippen LogP contribution < -0.4 is 5.11 Å². The SMILES string of the molecule is Cc1cc(C(=O)[O-])ccc1-n1c(C)cc(/C=N/OCc2ccccc2)c1C. The van der Waals surface area contributed by atoms with Crippen LogP contribution in [0, 0.1) is 20.8 Å². The van der Waals surface area contributed by atoms with Crippen molar-refractivity contribution in [2.75, 3.05) is 0 Å². The molecule has 0 saturated carbocycles. The minimum absolute atomic E-state index is 0.176. The van der Waals surface area contributed by atoms with Gasteiger partial charge < -0.3 is 19.3 Å². The maximum absolute atomic E-state index is 11.0. The Morgan fingerprint density at radius 2 is 1.85 bits per heavy atom. The Labute approximate surface area is 158 Å². The van der Waals surface area contributed by atoms with E-state index in [1.807, 2.05) is 57.2 Å². The van der Waals surface area contributed by atoms with Crippen molar-refractivity contribution in [1.82, 2.24) is 4.57 Å². The Balaban J connectivity index is 1.80. The standard InChI is InChI=1S/C22H22N2O3/c1-15-11-19(22(25)26)9-10-21(15)24-16(2)12-20(17(24)3)13-23-27-14-18-7-5-4-6-8-18/h4-13H,14H2,1-3H3,(H,25,26)/p-1/b23-13+. The third kappa shape index (κ3) is 4.08. The molecule has 0 N–H and O–H groups in total. The second kappa shape index (κ2) is 7.91. The van der Waals surface area contributed by atoms with Crippen LogP contribution in [0.3, 0.4) is 0 Å². The van der Waals surface area contributed by atoms with Crippen molar-refractivity contribution in [3.63, 3.8) is 0 Å². The fourth-order valence-corrected chi connectivity index (χ4v) is 3.10. The van der Waals surface area contributed by atoms with E-state index in [0.717, 1.165) is 33.8 Å². The summed E-state index contributed by atoms with van der Waals surface area (Å²) in [6, 6.07) is 16.9. The lowest BCUT2D eigenvalue weighted by Gasteiger charge is -2.14. The number of oxime groups is 1. The molecule has 3 rings (SSSR count). The summed E-state index contributed by atoms with van der Waals surface area (Å²) in [7, 11) is 0. The number of aromatic nitrogens is 1. The molecule has 0 bridgehead atoms. The molecule has 0 radical (unpaired) electrons. The molecule has 1 heterocycles. The van der Waals surface area contributed by atoms with Gasteiger partial charge in [0.2, 0.25) is 0 Å². The Morgan fingerprint density at radius 1 is 1.11 bits per heavy atom. The van der Waals surface area contributed by atoms with Crippen LogP contribution >= 0.6 is 0 Å². The number of hydrogen-bond acceptors (Lipinski definition) is 4. The van der Waals surface area contributed by atoms with Crippen molar-refractivity contribution in [2.24, 2.45) is 5.16 Å². The number of aromatic carboxylic acids is 1. The summed E-state index contributed by atoms with van der Waals surface area (Å²) >= 11 is 0. The average Bonchev–Trinajstić information content (AvgIpc) is 2.93. The van der Waals surface area contributed by atoms with Crippen molar-refractivity contribution >= 4 is 12.2 Å². The first-order valence-corrected chi connectivity index (χ1v) is 8.68. The molecule has 0 atom stereocenters. The van der Waals surface area contributed by atoms with Gasteiger partial charge in [0.15, 0.2) is 0 Å². The monoisotopic (exact) mass is 361 g/mol. The van der Waals surface area contributed by atoms with Gasteiger partial charge >= 0.3 is 0 Å². The first-order valence-electron chi connectivity index (χ1n) is 8.68. The number of hydrogen-bond donors (Lipinski definition) is 0. The van der Waals surface area contributed by atoms with Crippen LogP contribution in [-0.4, -0.2) is 16.8 Å². The van der Waals surface area contributed by atoms with Crippen LogP contribution in [-0.2, 0) is 11.4 Å². The molecule has 0 unspecified atom stereocenters. The first-order chi connectivity index (χ1) is 13.0. The molecule has 0 aliphatic carbocycles. The topological polar surface area (TPSA) is 66.6 Å². The fraction of sp³-hybridized carbons (Fsp3) is 0.182. The van der Waals surface area contributed by atoms with E-state index in [1.54, 1.807) is 24.4 Å². The van der Waals surface area contributed by atoms with Crippen LogP contribution in [0.25, 0.3) is 5.69 Å². The van der Waals surface area contributed by atoms with Crippen molar-refractivity contribution in [1.29, 1.82) is 0 Å². The summed E-state index contributed by atoms with van der Waals surface area (Å²) in [6.07, 6.45) is 1.70. The highest BCUT2D eigenvalue weighted by atomic mass is 16.6. The average molecular weight is 361 g/mol. The molecule has 138 valence electrons. The second-order valence-corrected chi connectivity index (χ2v) is 6.44. The lowest BCUT2D eigenvalue weighted by Crippen LogP contribution is -2.22. The van der Waals surface area contributed by atoms with Gasteiger partial charge in [-0.3, -0.25) is 0 Å². The van der Waals surface area contributed by atoms with Gasteiger partial charge in [0, 0.05) is 22.6 Å². The third-order valence-electron chi connectivity index (χ3n) is 4.48. The van der Waals surface area contributed by atoms with Crippen molar-refractivity contribution in [3.8, 4) is 5.69 Å². The molecule has 5 nitrogen and oxygen atoms in total. The molecule has 5 heteroatoms. The van der Waals surface area contributed by atoms with Gasteiger partial charge in [-0.15, -0.1) is 0 Å². The van der Waals surface area contributed by atoms with Crippen LogP contribution in [0.4, 0.5) is 0 Å². The largest absolute Gasteiger partial charge is 0.545 e. The molecule has 27 heavy (non-hydrogen) atoms. The van der Waals surface area contributed by atoms with Gasteiger partial charge in [0.1, 0.15) is 6.61 Å². The number of carboxylic acid groups (broad SMARTS) is 1. The van der Waals surface area contributed by atoms with Gasteiger partial charge in [-0.1, -0.05) is 41.6 Å². The van der Waals surface area contributed by atoms with E-state index < -0.39 is 5.97 Å². The van der Waals surface area contributed by atoms with E-state index in [0.29, 0.717) is 6.61 Å². The van der Waals surface area contributed by atoms with Crippen LogP contribution in [0.5, 0.6) is 0 Å². The van der Waals surface area contributed by atoms with Gasteiger partial charge in [-0.25, -0.2) is 0 Å². The molecule has 0 spiro atoms. The molecule has 2 aromatic carbocycles. The summed E-state index contributed by atoms with van der Waals surface area (Å²) in [5, 5.41) is 15.1. The predicted octanol–water partition coefficient (Wildman–Crippen LogP) is 3.32. The predicted molar refractivity (Wildman–Crippen MR) is 103 cm³/mol. The number of carbonyl (C=O) groups excluding carboxylic acids is 1. The third-order valence-corrected chi connectivity index (χ3v) is 4.48. The van der Waals surface area contributed by atoms with Crippen LogP contribution in [0.2, 0.25) is 0 Å². The number of nitrogens with zero attached hydrogens (tertiary/aromatic N) is 2. The van der Waals surface area contributed by atoms with Crippen molar-refractivity contribution < 1.29 is 14.7 Å². The number of rotatable bonds is 6. The van der Waals surface area contributed by atoms with Crippen LogP contribution in [0.1, 0.15) is 38.4 Å². The zero-order valence-corrected chi connectivity index (χ0v) is 15.6. The summed E-state index contributed by atoms with van der Waals surface area (Å²) < 4.78 is 2.08. The molecular formula is C22H21N2O3-. The molecular weight excluding hydrogens is 340 g/mol. The summed E-state index contributed by atoms with van der Waals surface area (Å²) in [5.74, 6) is -1.17. The van der Waals surface area contributed by atoms with E-state index in [4.69, 9.17) is 4.84 Å². The maximum atomic E-state index is 11.0.